The first-order valence-electron chi connectivity index (χ1n) is 7.52. The largest absolute Gasteiger partial charge is 0.381 e. The molecule has 2 aliphatic rings. The van der Waals surface area contributed by atoms with E-state index in [0.717, 1.165) is 31.3 Å². The lowest BCUT2D eigenvalue weighted by Gasteiger charge is -2.25. The van der Waals surface area contributed by atoms with E-state index < -0.39 is 0 Å². The summed E-state index contributed by atoms with van der Waals surface area (Å²) in [7, 11) is 0. The molecule has 1 aliphatic carbocycles. The minimum absolute atomic E-state index is 0.582. The van der Waals surface area contributed by atoms with Crippen molar-refractivity contribution in [2.75, 3.05) is 18.5 Å². The lowest BCUT2D eigenvalue weighted by atomic mass is 10.1. The van der Waals surface area contributed by atoms with Crippen molar-refractivity contribution < 1.29 is 4.74 Å². The molecule has 1 saturated heterocycles. The first-order valence-corrected chi connectivity index (χ1v) is 8.40. The SMILES string of the molecule is c1ccc(SC2CCCC2)c(NC2CCOCC2)c1. The molecule has 19 heavy (non-hydrogen) atoms. The van der Waals surface area contributed by atoms with E-state index in [4.69, 9.17) is 4.74 Å². The van der Waals surface area contributed by atoms with Gasteiger partial charge in [0.15, 0.2) is 0 Å². The number of benzene rings is 1. The molecule has 0 spiro atoms. The fourth-order valence-electron chi connectivity index (χ4n) is 2.94. The third kappa shape index (κ3) is 3.67. The summed E-state index contributed by atoms with van der Waals surface area (Å²) in [5, 5.41) is 4.55. The maximum atomic E-state index is 5.43. The molecule has 0 amide bonds. The molecule has 1 heterocycles. The Morgan fingerprint density at radius 2 is 1.74 bits per heavy atom. The highest BCUT2D eigenvalue weighted by molar-refractivity contribution is 8.00. The van der Waals surface area contributed by atoms with Crippen LogP contribution in [0.5, 0.6) is 0 Å². The zero-order valence-electron chi connectivity index (χ0n) is 11.4. The molecule has 2 fully saturated rings. The number of nitrogens with one attached hydrogen (secondary N) is 1. The van der Waals surface area contributed by atoms with Gasteiger partial charge in [0, 0.05) is 35.1 Å². The van der Waals surface area contributed by atoms with Crippen molar-refractivity contribution in [3.8, 4) is 0 Å². The van der Waals surface area contributed by atoms with E-state index in [-0.39, 0.29) is 0 Å². The van der Waals surface area contributed by atoms with Gasteiger partial charge in [0.1, 0.15) is 0 Å². The lowest BCUT2D eigenvalue weighted by Crippen LogP contribution is -2.28. The third-order valence-electron chi connectivity index (χ3n) is 4.06. The van der Waals surface area contributed by atoms with Crippen LogP contribution in [0.25, 0.3) is 0 Å². The van der Waals surface area contributed by atoms with E-state index in [9.17, 15) is 0 Å². The maximum Gasteiger partial charge on any atom is 0.0485 e. The van der Waals surface area contributed by atoms with Crippen LogP contribution in [0.4, 0.5) is 5.69 Å². The number of ether oxygens (including phenoxy) is 1. The Morgan fingerprint density at radius 3 is 2.53 bits per heavy atom. The molecule has 3 heteroatoms. The Kier molecular flexibility index (Phi) is 4.67. The summed E-state index contributed by atoms with van der Waals surface area (Å²) < 4.78 is 5.43. The lowest BCUT2D eigenvalue weighted by molar-refractivity contribution is 0.0904. The van der Waals surface area contributed by atoms with Gasteiger partial charge in [0.25, 0.3) is 0 Å². The molecule has 1 aromatic rings. The normalized spacial score (nSPS) is 21.7. The predicted molar refractivity (Wildman–Crippen MR) is 82.0 cm³/mol. The zero-order chi connectivity index (χ0) is 12.9. The standard InChI is InChI=1S/C16H23NOS/c1-2-6-14(5-1)19-16-8-4-3-7-15(16)17-13-9-11-18-12-10-13/h3-4,7-8,13-14,17H,1-2,5-6,9-12H2. The summed E-state index contributed by atoms with van der Waals surface area (Å²) in [5.74, 6) is 0. The van der Waals surface area contributed by atoms with Crippen molar-refractivity contribution in [1.82, 2.24) is 0 Å². The molecule has 0 aromatic heterocycles. The second kappa shape index (κ2) is 6.67. The summed E-state index contributed by atoms with van der Waals surface area (Å²) in [6, 6.07) is 9.38. The topological polar surface area (TPSA) is 21.3 Å². The van der Waals surface area contributed by atoms with E-state index in [1.165, 1.54) is 36.3 Å². The van der Waals surface area contributed by atoms with E-state index in [0.29, 0.717) is 6.04 Å². The van der Waals surface area contributed by atoms with Gasteiger partial charge in [-0.1, -0.05) is 25.0 Å². The Hall–Kier alpha value is -0.670. The number of para-hydroxylation sites is 1. The van der Waals surface area contributed by atoms with Gasteiger partial charge < -0.3 is 10.1 Å². The minimum Gasteiger partial charge on any atom is -0.381 e. The van der Waals surface area contributed by atoms with Gasteiger partial charge in [-0.2, -0.15) is 0 Å². The van der Waals surface area contributed by atoms with Crippen LogP contribution in [0.3, 0.4) is 0 Å². The Morgan fingerprint density at radius 1 is 1.00 bits per heavy atom. The van der Waals surface area contributed by atoms with Gasteiger partial charge in [-0.25, -0.2) is 0 Å². The van der Waals surface area contributed by atoms with Crippen LogP contribution in [0.2, 0.25) is 0 Å². The maximum absolute atomic E-state index is 5.43. The highest BCUT2D eigenvalue weighted by Gasteiger charge is 2.19. The van der Waals surface area contributed by atoms with Crippen LogP contribution < -0.4 is 5.32 Å². The van der Waals surface area contributed by atoms with Gasteiger partial charge in [-0.15, -0.1) is 11.8 Å². The molecule has 0 atom stereocenters. The van der Waals surface area contributed by atoms with E-state index in [1.54, 1.807) is 0 Å². The van der Waals surface area contributed by atoms with Crippen molar-refractivity contribution in [2.45, 2.75) is 54.7 Å². The average molecular weight is 277 g/mol. The van der Waals surface area contributed by atoms with Crippen molar-refractivity contribution >= 4 is 17.4 Å². The zero-order valence-corrected chi connectivity index (χ0v) is 12.3. The first-order chi connectivity index (χ1) is 9.42. The molecule has 1 aliphatic heterocycles. The molecule has 0 radical (unpaired) electrons. The fraction of sp³-hybridized carbons (Fsp3) is 0.625. The number of anilines is 1. The predicted octanol–water partition coefficient (Wildman–Crippen LogP) is 4.31. The molecular formula is C16H23NOS. The number of thioether (sulfide) groups is 1. The molecule has 0 unspecified atom stereocenters. The van der Waals surface area contributed by atoms with Crippen LogP contribution in [-0.4, -0.2) is 24.5 Å². The van der Waals surface area contributed by atoms with E-state index in [1.807, 2.05) is 0 Å². The monoisotopic (exact) mass is 277 g/mol. The smallest absolute Gasteiger partial charge is 0.0485 e. The summed E-state index contributed by atoms with van der Waals surface area (Å²) in [6.07, 6.45) is 7.85. The second-order valence-electron chi connectivity index (χ2n) is 5.55. The fourth-order valence-corrected chi connectivity index (χ4v) is 4.28. The van der Waals surface area contributed by atoms with E-state index >= 15 is 0 Å². The highest BCUT2D eigenvalue weighted by atomic mass is 32.2. The summed E-state index contributed by atoms with van der Waals surface area (Å²) in [4.78, 5) is 1.43. The molecule has 3 rings (SSSR count). The molecular weight excluding hydrogens is 254 g/mol. The van der Waals surface area contributed by atoms with E-state index in [2.05, 4.69) is 41.3 Å². The minimum atomic E-state index is 0.582. The van der Waals surface area contributed by atoms with Gasteiger partial charge in [0.05, 0.1) is 0 Å². The third-order valence-corrected chi connectivity index (χ3v) is 5.48. The van der Waals surface area contributed by atoms with Crippen LogP contribution in [0, 0.1) is 0 Å². The number of rotatable bonds is 4. The average Bonchev–Trinajstić information content (AvgIpc) is 2.95. The van der Waals surface area contributed by atoms with Crippen molar-refractivity contribution in [1.29, 1.82) is 0 Å². The highest BCUT2D eigenvalue weighted by Crippen LogP contribution is 2.38. The molecule has 1 saturated carbocycles. The quantitative estimate of drug-likeness (QED) is 0.886. The van der Waals surface area contributed by atoms with Crippen LogP contribution in [-0.2, 0) is 4.74 Å². The molecule has 104 valence electrons. The summed E-state index contributed by atoms with van der Waals surface area (Å²) in [6.45, 7) is 1.80. The van der Waals surface area contributed by atoms with Gasteiger partial charge >= 0.3 is 0 Å². The van der Waals surface area contributed by atoms with Gasteiger partial charge in [-0.05, 0) is 37.8 Å². The van der Waals surface area contributed by atoms with Crippen molar-refractivity contribution in [3.05, 3.63) is 24.3 Å². The Balaban J connectivity index is 1.65. The molecule has 2 nitrogen and oxygen atoms in total. The van der Waals surface area contributed by atoms with Gasteiger partial charge in [-0.3, -0.25) is 0 Å². The first kappa shape index (κ1) is 13.3. The summed E-state index contributed by atoms with van der Waals surface area (Å²) >= 11 is 2.07. The number of hydrogen-bond donors (Lipinski definition) is 1. The Bertz CT molecular complexity index is 397. The van der Waals surface area contributed by atoms with Crippen LogP contribution in [0.15, 0.2) is 29.2 Å². The summed E-state index contributed by atoms with van der Waals surface area (Å²) in [5.41, 5.74) is 1.33. The number of hydrogen-bond acceptors (Lipinski definition) is 3. The molecule has 0 bridgehead atoms. The molecule has 1 aromatic carbocycles. The van der Waals surface area contributed by atoms with Gasteiger partial charge in [0.2, 0.25) is 0 Å². The van der Waals surface area contributed by atoms with Crippen LogP contribution >= 0.6 is 11.8 Å². The second-order valence-corrected chi connectivity index (χ2v) is 6.89. The van der Waals surface area contributed by atoms with Crippen molar-refractivity contribution in [3.63, 3.8) is 0 Å². The van der Waals surface area contributed by atoms with Crippen molar-refractivity contribution in [2.24, 2.45) is 0 Å². The molecule has 1 N–H and O–H groups in total. The Labute approximate surface area is 120 Å². The van der Waals surface area contributed by atoms with Crippen LogP contribution in [0.1, 0.15) is 38.5 Å².